The van der Waals surface area contributed by atoms with Crippen molar-refractivity contribution in [3.8, 4) is 0 Å². The Labute approximate surface area is 207 Å². The number of hydrogen-bond donors (Lipinski definition) is 3. The van der Waals surface area contributed by atoms with Crippen molar-refractivity contribution in [3.05, 3.63) is 0 Å². The number of rotatable bonds is 25. The summed E-state index contributed by atoms with van der Waals surface area (Å²) in [6, 6.07) is 0. The minimum atomic E-state index is -0.783. The Balaban J connectivity index is 3.76. The lowest BCUT2D eigenvalue weighted by molar-refractivity contribution is -0.155. The van der Waals surface area contributed by atoms with E-state index in [0.717, 1.165) is 89.9 Å². The molecule has 7 heteroatoms. The van der Waals surface area contributed by atoms with Crippen LogP contribution >= 0.6 is 0 Å². The molecule has 0 bridgehead atoms. The van der Waals surface area contributed by atoms with Crippen LogP contribution in [0.4, 0.5) is 0 Å². The third-order valence-corrected chi connectivity index (χ3v) is 6.12. The predicted molar refractivity (Wildman–Crippen MR) is 134 cm³/mol. The lowest BCUT2D eigenvalue weighted by atomic mass is 9.94. The zero-order valence-corrected chi connectivity index (χ0v) is 21.7. The van der Waals surface area contributed by atoms with Crippen molar-refractivity contribution < 1.29 is 34.4 Å². The molecule has 0 aliphatic rings. The Morgan fingerprint density at radius 3 is 1.12 bits per heavy atom. The Morgan fingerprint density at radius 2 is 0.824 bits per heavy atom. The van der Waals surface area contributed by atoms with Gasteiger partial charge < -0.3 is 24.8 Å². The highest BCUT2D eigenvalue weighted by Crippen LogP contribution is 2.18. The topological polar surface area (TPSA) is 113 Å². The van der Waals surface area contributed by atoms with Gasteiger partial charge in [0.2, 0.25) is 0 Å². The normalized spacial score (nSPS) is 11.5. The molecule has 0 saturated heterocycles. The van der Waals surface area contributed by atoms with E-state index in [9.17, 15) is 14.7 Å². The Kier molecular flexibility index (Phi) is 22.7. The lowest BCUT2D eigenvalue weighted by Gasteiger charge is -2.26. The molecule has 3 N–H and O–H groups in total. The van der Waals surface area contributed by atoms with Crippen LogP contribution in [0.2, 0.25) is 0 Å². The monoisotopic (exact) mass is 488 g/mol. The maximum Gasteiger partial charge on any atom is 0.305 e. The van der Waals surface area contributed by atoms with Gasteiger partial charge in [0.25, 0.3) is 0 Å². The predicted octanol–water partition coefficient (Wildman–Crippen LogP) is 5.08. The van der Waals surface area contributed by atoms with E-state index >= 15 is 0 Å². The van der Waals surface area contributed by atoms with Crippen molar-refractivity contribution in [1.29, 1.82) is 0 Å². The zero-order chi connectivity index (χ0) is 25.3. The van der Waals surface area contributed by atoms with Crippen LogP contribution in [0.3, 0.4) is 0 Å². The second-order valence-corrected chi connectivity index (χ2v) is 9.89. The van der Waals surface area contributed by atoms with E-state index in [1.54, 1.807) is 6.92 Å². The van der Waals surface area contributed by atoms with Gasteiger partial charge >= 0.3 is 11.9 Å². The summed E-state index contributed by atoms with van der Waals surface area (Å²) in [5.41, 5.74) is -0.783. The summed E-state index contributed by atoms with van der Waals surface area (Å²) in [7, 11) is 0. The average molecular weight is 489 g/mol. The quantitative estimate of drug-likeness (QED) is 0.121. The molecule has 0 amide bonds. The van der Waals surface area contributed by atoms with Gasteiger partial charge in [-0.2, -0.15) is 0 Å². The van der Waals surface area contributed by atoms with E-state index in [0.29, 0.717) is 12.8 Å². The highest BCUT2D eigenvalue weighted by molar-refractivity contribution is 5.69. The Hall–Kier alpha value is -1.18. The minimum Gasteiger partial charge on any atom is -0.465 e. The van der Waals surface area contributed by atoms with Gasteiger partial charge in [-0.3, -0.25) is 9.59 Å². The fourth-order valence-electron chi connectivity index (χ4n) is 3.67. The van der Waals surface area contributed by atoms with Crippen molar-refractivity contribution in [2.45, 2.75) is 122 Å². The number of ether oxygens (including phenoxy) is 2. The Morgan fingerprint density at radius 1 is 0.529 bits per heavy atom. The number of hydrogen-bond acceptors (Lipinski definition) is 7. The van der Waals surface area contributed by atoms with E-state index < -0.39 is 5.41 Å². The first kappa shape index (κ1) is 32.8. The second-order valence-electron chi connectivity index (χ2n) is 9.89. The molecule has 0 aromatic carbocycles. The van der Waals surface area contributed by atoms with Crippen molar-refractivity contribution in [2.75, 3.05) is 33.0 Å². The van der Waals surface area contributed by atoms with Gasteiger partial charge in [0.1, 0.15) is 13.2 Å². The first-order valence-corrected chi connectivity index (χ1v) is 13.6. The largest absolute Gasteiger partial charge is 0.465 e. The smallest absolute Gasteiger partial charge is 0.305 e. The number of carbonyl (C=O) groups excluding carboxylic acids is 2. The molecule has 0 rings (SSSR count). The highest BCUT2D eigenvalue weighted by atomic mass is 16.5. The maximum absolute atomic E-state index is 12.0. The van der Waals surface area contributed by atoms with Gasteiger partial charge in [0.15, 0.2) is 0 Å². The van der Waals surface area contributed by atoms with Crippen molar-refractivity contribution >= 4 is 11.9 Å². The summed E-state index contributed by atoms with van der Waals surface area (Å²) < 4.78 is 10.7. The van der Waals surface area contributed by atoms with Gasteiger partial charge in [0, 0.05) is 26.1 Å². The molecule has 0 spiro atoms. The van der Waals surface area contributed by atoms with Gasteiger partial charge in [0.05, 0.1) is 12.0 Å². The van der Waals surface area contributed by atoms with Crippen LogP contribution in [0.25, 0.3) is 0 Å². The molecule has 0 unspecified atom stereocenters. The van der Waals surface area contributed by atoms with E-state index in [1.165, 1.54) is 12.8 Å². The summed E-state index contributed by atoms with van der Waals surface area (Å²) in [4.78, 5) is 24.0. The zero-order valence-electron chi connectivity index (χ0n) is 21.7. The number of aliphatic hydroxyl groups excluding tert-OH is 3. The summed E-state index contributed by atoms with van der Waals surface area (Å²) in [6.45, 7) is 2.15. The number of aliphatic hydroxyl groups is 3. The van der Waals surface area contributed by atoms with Crippen molar-refractivity contribution in [3.63, 3.8) is 0 Å². The molecule has 0 aliphatic carbocycles. The molecule has 34 heavy (non-hydrogen) atoms. The molecule has 0 radical (unpaired) electrons. The fraction of sp³-hybridized carbons (Fsp3) is 0.926. The van der Waals surface area contributed by atoms with Crippen LogP contribution in [0, 0.1) is 5.41 Å². The molecular formula is C27H52O7. The van der Waals surface area contributed by atoms with E-state index in [1.807, 2.05) is 0 Å². The molecule has 0 heterocycles. The molecular weight excluding hydrogens is 436 g/mol. The van der Waals surface area contributed by atoms with Crippen LogP contribution in [-0.4, -0.2) is 60.3 Å². The lowest BCUT2D eigenvalue weighted by Crippen LogP contribution is -2.35. The number of esters is 2. The second kappa shape index (κ2) is 23.6. The maximum atomic E-state index is 12.0. The summed E-state index contributed by atoms with van der Waals surface area (Å²) in [5.74, 6) is -0.546. The van der Waals surface area contributed by atoms with Gasteiger partial charge in [-0.25, -0.2) is 0 Å². The van der Waals surface area contributed by atoms with Crippen LogP contribution in [0.1, 0.15) is 122 Å². The molecule has 0 aliphatic heterocycles. The van der Waals surface area contributed by atoms with Gasteiger partial charge in [-0.05, 0) is 25.7 Å². The summed E-state index contributed by atoms with van der Waals surface area (Å²) in [5, 5.41) is 27.2. The standard InChI is InChI=1S/C27H52O7/c1-27(22-30,23-33-25(31)18-14-10-6-2-4-8-12-16-20-28)24-34-26(32)19-15-11-7-3-5-9-13-17-21-29/h28-30H,2-24H2,1H3. The summed E-state index contributed by atoms with van der Waals surface area (Å²) in [6.07, 6.45) is 17.4. The third kappa shape index (κ3) is 21.4. The van der Waals surface area contributed by atoms with Crippen molar-refractivity contribution in [2.24, 2.45) is 5.41 Å². The number of unbranched alkanes of at least 4 members (excludes halogenated alkanes) is 14. The molecule has 0 aromatic heterocycles. The van der Waals surface area contributed by atoms with Crippen molar-refractivity contribution in [1.82, 2.24) is 0 Å². The van der Waals surface area contributed by atoms with Crippen LogP contribution < -0.4 is 0 Å². The molecule has 202 valence electrons. The SMILES string of the molecule is CC(CO)(COC(=O)CCCCCCCCCCO)COC(=O)CCCCCCCCCCO. The molecule has 0 saturated carbocycles. The molecule has 7 nitrogen and oxygen atoms in total. The number of carbonyl (C=O) groups is 2. The highest BCUT2D eigenvalue weighted by Gasteiger charge is 2.27. The first-order valence-electron chi connectivity index (χ1n) is 13.6. The van der Waals surface area contributed by atoms with E-state index in [-0.39, 0.29) is 45.0 Å². The molecule has 0 atom stereocenters. The van der Waals surface area contributed by atoms with Crippen LogP contribution in [0.5, 0.6) is 0 Å². The van der Waals surface area contributed by atoms with E-state index in [2.05, 4.69) is 0 Å². The minimum absolute atomic E-state index is 0.0384. The van der Waals surface area contributed by atoms with Gasteiger partial charge in [-0.1, -0.05) is 84.0 Å². The third-order valence-electron chi connectivity index (χ3n) is 6.12. The molecule has 0 aromatic rings. The Bertz CT molecular complexity index is 444. The van der Waals surface area contributed by atoms with E-state index in [4.69, 9.17) is 19.7 Å². The van der Waals surface area contributed by atoms with Crippen LogP contribution in [0.15, 0.2) is 0 Å². The molecule has 0 fully saturated rings. The summed E-state index contributed by atoms with van der Waals surface area (Å²) >= 11 is 0. The average Bonchev–Trinajstić information content (AvgIpc) is 2.84. The van der Waals surface area contributed by atoms with Crippen LogP contribution in [-0.2, 0) is 19.1 Å². The first-order chi connectivity index (χ1) is 16.5. The fourth-order valence-corrected chi connectivity index (χ4v) is 3.67. The van der Waals surface area contributed by atoms with Gasteiger partial charge in [-0.15, -0.1) is 0 Å².